The van der Waals surface area contributed by atoms with Crippen LogP contribution >= 0.6 is 0 Å². The Hall–Kier alpha value is -1.36. The third-order valence-corrected chi connectivity index (χ3v) is 3.36. The van der Waals surface area contributed by atoms with Crippen molar-refractivity contribution >= 4 is 0 Å². The zero-order valence-corrected chi connectivity index (χ0v) is 14.5. The number of aryl methyl sites for hydroxylation is 1. The normalized spacial score (nSPS) is 12.1. The number of hydrogen-bond donors (Lipinski definition) is 0. The second kappa shape index (κ2) is 13.1. The predicted molar refractivity (Wildman–Crippen MR) is 93.2 cm³/mol. The fourth-order valence-corrected chi connectivity index (χ4v) is 2.05. The van der Waals surface area contributed by atoms with Crippen LogP contribution in [0.3, 0.4) is 0 Å². The molecule has 0 saturated heterocycles. The van der Waals surface area contributed by atoms with Gasteiger partial charge in [-0.15, -0.1) is 6.58 Å². The lowest BCUT2D eigenvalue weighted by Crippen LogP contribution is -2.28. The molecule has 1 unspecified atom stereocenters. The molecule has 4 nitrogen and oxygen atoms in total. The first-order valence-corrected chi connectivity index (χ1v) is 8.31. The lowest BCUT2D eigenvalue weighted by atomic mass is 10.1. The fraction of sp³-hybridized carbons (Fsp3) is 0.579. The molecular weight excluding hydrogens is 292 g/mol. The minimum atomic E-state index is -0.120. The lowest BCUT2D eigenvalue weighted by Gasteiger charge is -2.18. The van der Waals surface area contributed by atoms with Gasteiger partial charge in [0.2, 0.25) is 0 Å². The van der Waals surface area contributed by atoms with E-state index in [4.69, 9.17) is 18.9 Å². The van der Waals surface area contributed by atoms with Crippen molar-refractivity contribution in [1.82, 2.24) is 0 Å². The highest BCUT2D eigenvalue weighted by molar-refractivity contribution is 5.27. The molecule has 0 aliphatic rings. The van der Waals surface area contributed by atoms with Gasteiger partial charge in [0, 0.05) is 7.11 Å². The molecule has 23 heavy (non-hydrogen) atoms. The molecule has 0 heterocycles. The van der Waals surface area contributed by atoms with Crippen LogP contribution in [-0.2, 0) is 20.6 Å². The van der Waals surface area contributed by atoms with E-state index in [1.165, 1.54) is 18.4 Å². The predicted octanol–water partition coefficient (Wildman–Crippen LogP) is 3.64. The number of rotatable bonds is 14. The molecule has 0 aromatic heterocycles. The molecule has 4 heteroatoms. The second-order valence-electron chi connectivity index (χ2n) is 5.37. The van der Waals surface area contributed by atoms with E-state index in [0.717, 1.165) is 12.2 Å². The van der Waals surface area contributed by atoms with Crippen LogP contribution in [0.5, 0.6) is 5.75 Å². The van der Waals surface area contributed by atoms with E-state index in [2.05, 4.69) is 25.6 Å². The minimum Gasteiger partial charge on any atom is -0.491 e. The maximum atomic E-state index is 5.82. The number of hydrogen-bond acceptors (Lipinski definition) is 4. The van der Waals surface area contributed by atoms with Crippen LogP contribution in [0.2, 0.25) is 0 Å². The zero-order chi connectivity index (χ0) is 16.8. The number of benzene rings is 1. The molecule has 0 spiro atoms. The van der Waals surface area contributed by atoms with Gasteiger partial charge < -0.3 is 18.9 Å². The van der Waals surface area contributed by atoms with Crippen molar-refractivity contribution in [2.75, 3.05) is 40.1 Å². The first-order valence-electron chi connectivity index (χ1n) is 8.31. The second-order valence-corrected chi connectivity index (χ2v) is 5.37. The average Bonchev–Trinajstić information content (AvgIpc) is 2.58. The van der Waals surface area contributed by atoms with E-state index in [1.54, 1.807) is 13.2 Å². The van der Waals surface area contributed by atoms with Crippen LogP contribution in [0.4, 0.5) is 0 Å². The quantitative estimate of drug-likeness (QED) is 0.387. The van der Waals surface area contributed by atoms with Crippen LogP contribution in [0, 0.1) is 0 Å². The SMILES string of the molecule is C=CCOCC(COc1ccc(CCCC)cc1)OCCOC. The fourth-order valence-electron chi connectivity index (χ4n) is 2.05. The van der Waals surface area contributed by atoms with Gasteiger partial charge in [-0.05, 0) is 30.5 Å². The van der Waals surface area contributed by atoms with E-state index >= 15 is 0 Å². The summed E-state index contributed by atoms with van der Waals surface area (Å²) in [6.07, 6.45) is 5.15. The Bertz CT molecular complexity index is 402. The van der Waals surface area contributed by atoms with E-state index < -0.39 is 0 Å². The molecule has 130 valence electrons. The van der Waals surface area contributed by atoms with Crippen molar-refractivity contribution in [2.24, 2.45) is 0 Å². The molecule has 1 aromatic carbocycles. The van der Waals surface area contributed by atoms with Crippen LogP contribution in [-0.4, -0.2) is 46.2 Å². The molecule has 0 fully saturated rings. The Kier molecular flexibility index (Phi) is 11.2. The van der Waals surface area contributed by atoms with Crippen molar-refractivity contribution < 1.29 is 18.9 Å². The van der Waals surface area contributed by atoms with Crippen molar-refractivity contribution in [3.8, 4) is 5.75 Å². The summed E-state index contributed by atoms with van der Waals surface area (Å²) >= 11 is 0. The topological polar surface area (TPSA) is 36.9 Å². The molecule has 0 N–H and O–H groups in total. The molecule has 0 saturated carbocycles. The minimum absolute atomic E-state index is 0.120. The van der Waals surface area contributed by atoms with Gasteiger partial charge in [0.25, 0.3) is 0 Å². The van der Waals surface area contributed by atoms with Gasteiger partial charge in [-0.1, -0.05) is 31.6 Å². The first kappa shape index (κ1) is 19.7. The summed E-state index contributed by atoms with van der Waals surface area (Å²) in [6.45, 7) is 8.37. The maximum Gasteiger partial charge on any atom is 0.119 e. The van der Waals surface area contributed by atoms with Gasteiger partial charge in [0.05, 0.1) is 26.4 Å². The molecule has 1 rings (SSSR count). The Balaban J connectivity index is 2.39. The number of ether oxygens (including phenoxy) is 4. The first-order chi connectivity index (χ1) is 11.3. The number of unbranched alkanes of at least 4 members (excludes halogenated alkanes) is 1. The highest BCUT2D eigenvalue weighted by Gasteiger charge is 2.10. The van der Waals surface area contributed by atoms with Crippen LogP contribution in [0.25, 0.3) is 0 Å². The average molecular weight is 322 g/mol. The zero-order valence-electron chi connectivity index (χ0n) is 14.5. The molecule has 1 aromatic rings. The molecule has 0 aliphatic heterocycles. The maximum absolute atomic E-state index is 5.82. The highest BCUT2D eigenvalue weighted by Crippen LogP contribution is 2.14. The van der Waals surface area contributed by atoms with E-state index in [9.17, 15) is 0 Å². The summed E-state index contributed by atoms with van der Waals surface area (Å²) in [5, 5.41) is 0. The molecule has 0 amide bonds. The summed E-state index contributed by atoms with van der Waals surface area (Å²) in [4.78, 5) is 0. The lowest BCUT2D eigenvalue weighted by molar-refractivity contribution is -0.0461. The van der Waals surface area contributed by atoms with E-state index in [-0.39, 0.29) is 6.10 Å². The van der Waals surface area contributed by atoms with Crippen molar-refractivity contribution in [3.63, 3.8) is 0 Å². The van der Waals surface area contributed by atoms with Crippen molar-refractivity contribution in [1.29, 1.82) is 0 Å². The van der Waals surface area contributed by atoms with Gasteiger partial charge >= 0.3 is 0 Å². The molecule has 0 radical (unpaired) electrons. The largest absolute Gasteiger partial charge is 0.491 e. The summed E-state index contributed by atoms with van der Waals surface area (Å²) in [6, 6.07) is 8.28. The van der Waals surface area contributed by atoms with Crippen LogP contribution < -0.4 is 4.74 Å². The van der Waals surface area contributed by atoms with E-state index in [1.807, 2.05) is 12.1 Å². The molecular formula is C19H30O4. The van der Waals surface area contributed by atoms with Gasteiger partial charge in [0.1, 0.15) is 18.5 Å². The Labute approximate surface area is 140 Å². The third-order valence-electron chi connectivity index (χ3n) is 3.36. The van der Waals surface area contributed by atoms with Crippen LogP contribution in [0.1, 0.15) is 25.3 Å². The monoisotopic (exact) mass is 322 g/mol. The molecule has 0 aliphatic carbocycles. The summed E-state index contributed by atoms with van der Waals surface area (Å²) in [5.74, 6) is 0.856. The van der Waals surface area contributed by atoms with Gasteiger partial charge in [-0.2, -0.15) is 0 Å². The number of methoxy groups -OCH3 is 1. The van der Waals surface area contributed by atoms with Gasteiger partial charge in [-0.3, -0.25) is 0 Å². The van der Waals surface area contributed by atoms with Gasteiger partial charge in [0.15, 0.2) is 0 Å². The Morgan fingerprint density at radius 1 is 1.13 bits per heavy atom. The standard InChI is InChI=1S/C19H30O4/c1-4-6-7-17-8-10-18(11-9-17)23-16-19(15-21-12-5-2)22-14-13-20-3/h5,8-11,19H,2,4,6-7,12-16H2,1,3H3. The third kappa shape index (κ3) is 9.39. The highest BCUT2D eigenvalue weighted by atomic mass is 16.6. The smallest absolute Gasteiger partial charge is 0.119 e. The van der Waals surface area contributed by atoms with Gasteiger partial charge in [-0.25, -0.2) is 0 Å². The van der Waals surface area contributed by atoms with Crippen molar-refractivity contribution in [2.45, 2.75) is 32.3 Å². The summed E-state index contributed by atoms with van der Waals surface area (Å²) in [5.41, 5.74) is 1.35. The van der Waals surface area contributed by atoms with E-state index in [0.29, 0.717) is 33.0 Å². The van der Waals surface area contributed by atoms with Crippen LogP contribution in [0.15, 0.2) is 36.9 Å². The molecule has 0 bridgehead atoms. The Morgan fingerprint density at radius 2 is 1.91 bits per heavy atom. The Morgan fingerprint density at radius 3 is 2.57 bits per heavy atom. The van der Waals surface area contributed by atoms with Crippen molar-refractivity contribution in [3.05, 3.63) is 42.5 Å². The summed E-state index contributed by atoms with van der Waals surface area (Å²) < 4.78 is 22.0. The molecule has 1 atom stereocenters. The summed E-state index contributed by atoms with van der Waals surface area (Å²) in [7, 11) is 1.66.